The van der Waals surface area contributed by atoms with Crippen LogP contribution in [-0.2, 0) is 11.3 Å². The second-order valence-corrected chi connectivity index (χ2v) is 8.61. The maximum absolute atomic E-state index is 12.5. The third kappa shape index (κ3) is 4.54. The van der Waals surface area contributed by atoms with E-state index < -0.39 is 0 Å². The Kier molecular flexibility index (Phi) is 5.95. The van der Waals surface area contributed by atoms with E-state index in [1.807, 2.05) is 72.2 Å². The van der Waals surface area contributed by atoms with E-state index in [0.29, 0.717) is 23.3 Å². The molecule has 0 aliphatic heterocycles. The number of thioether (sulfide) groups is 1. The average Bonchev–Trinajstić information content (AvgIpc) is 3.52. The molecule has 1 N–H and O–H groups in total. The predicted octanol–water partition coefficient (Wildman–Crippen LogP) is 5.40. The maximum Gasteiger partial charge on any atom is 0.230 e. The van der Waals surface area contributed by atoms with Gasteiger partial charge in [0.15, 0.2) is 10.9 Å². The van der Waals surface area contributed by atoms with Crippen molar-refractivity contribution < 1.29 is 9.21 Å². The Labute approximate surface area is 195 Å². The Morgan fingerprint density at radius 2 is 1.79 bits per heavy atom. The molecule has 0 radical (unpaired) electrons. The molecule has 0 aliphatic rings. The molecule has 0 unspecified atom stereocenters. The lowest BCUT2D eigenvalue weighted by molar-refractivity contribution is -0.118. The number of aromatic nitrogens is 3. The number of hydrogen-bond acceptors (Lipinski definition) is 5. The molecule has 0 fully saturated rings. The predicted molar refractivity (Wildman–Crippen MR) is 130 cm³/mol. The summed E-state index contributed by atoms with van der Waals surface area (Å²) in [6.45, 7) is 2.54. The van der Waals surface area contributed by atoms with Crippen molar-refractivity contribution in [1.29, 1.82) is 0 Å². The molecule has 0 saturated carbocycles. The van der Waals surface area contributed by atoms with E-state index in [-0.39, 0.29) is 11.7 Å². The highest BCUT2D eigenvalue weighted by molar-refractivity contribution is 7.99. The molecule has 7 heteroatoms. The van der Waals surface area contributed by atoms with E-state index in [2.05, 4.69) is 33.7 Å². The summed E-state index contributed by atoms with van der Waals surface area (Å²) >= 11 is 1.35. The van der Waals surface area contributed by atoms with Gasteiger partial charge < -0.3 is 9.73 Å². The van der Waals surface area contributed by atoms with Crippen LogP contribution in [0.2, 0.25) is 0 Å². The molecule has 0 spiro atoms. The number of furan rings is 1. The van der Waals surface area contributed by atoms with E-state index in [1.54, 1.807) is 6.26 Å². The van der Waals surface area contributed by atoms with Crippen LogP contribution in [0.1, 0.15) is 11.1 Å². The van der Waals surface area contributed by atoms with Crippen molar-refractivity contribution in [2.24, 2.45) is 0 Å². The monoisotopic (exact) mass is 454 g/mol. The molecule has 0 atom stereocenters. The first-order valence-electron chi connectivity index (χ1n) is 10.6. The van der Waals surface area contributed by atoms with Gasteiger partial charge in [0.2, 0.25) is 11.7 Å². The summed E-state index contributed by atoms with van der Waals surface area (Å²) in [5.74, 6) is 1.38. The van der Waals surface area contributed by atoms with Gasteiger partial charge >= 0.3 is 0 Å². The van der Waals surface area contributed by atoms with Gasteiger partial charge in [-0.2, -0.15) is 0 Å². The zero-order valence-electron chi connectivity index (χ0n) is 18.1. The van der Waals surface area contributed by atoms with Gasteiger partial charge in [0.25, 0.3) is 0 Å². The molecule has 3 aromatic carbocycles. The van der Waals surface area contributed by atoms with Crippen LogP contribution < -0.4 is 5.32 Å². The van der Waals surface area contributed by atoms with Crippen LogP contribution in [0.25, 0.3) is 28.0 Å². The number of carbonyl (C=O) groups is 1. The highest BCUT2D eigenvalue weighted by Crippen LogP contribution is 2.31. The van der Waals surface area contributed by atoms with E-state index in [0.717, 1.165) is 22.0 Å². The Morgan fingerprint density at radius 3 is 2.61 bits per heavy atom. The van der Waals surface area contributed by atoms with Crippen molar-refractivity contribution >= 4 is 28.4 Å². The number of nitrogens with zero attached hydrogens (tertiary/aromatic N) is 3. The fourth-order valence-corrected chi connectivity index (χ4v) is 4.41. The molecule has 33 heavy (non-hydrogen) atoms. The normalized spacial score (nSPS) is 11.1. The minimum Gasteiger partial charge on any atom is -0.461 e. The van der Waals surface area contributed by atoms with Crippen molar-refractivity contribution in [3.05, 3.63) is 96.3 Å². The first-order valence-corrected chi connectivity index (χ1v) is 11.6. The third-order valence-corrected chi connectivity index (χ3v) is 6.25. The number of aryl methyl sites for hydroxylation is 1. The molecule has 5 rings (SSSR count). The molecule has 6 nitrogen and oxygen atoms in total. The van der Waals surface area contributed by atoms with E-state index in [4.69, 9.17) is 4.42 Å². The SMILES string of the molecule is Cc1ccc(CNC(=O)CSc2nnc(-c3ccco3)n2-c2cccc3ccccc23)cc1. The minimum atomic E-state index is -0.0624. The Bertz CT molecular complexity index is 1390. The average molecular weight is 455 g/mol. The molecule has 0 bridgehead atoms. The lowest BCUT2D eigenvalue weighted by Gasteiger charge is -2.12. The van der Waals surface area contributed by atoms with Crippen LogP contribution in [0.15, 0.2) is 94.7 Å². The first-order chi connectivity index (χ1) is 16.2. The summed E-state index contributed by atoms with van der Waals surface area (Å²) in [5.41, 5.74) is 3.20. The quantitative estimate of drug-likeness (QED) is 0.334. The van der Waals surface area contributed by atoms with Gasteiger partial charge in [0.05, 0.1) is 17.7 Å². The largest absolute Gasteiger partial charge is 0.461 e. The van der Waals surface area contributed by atoms with Crippen molar-refractivity contribution in [1.82, 2.24) is 20.1 Å². The number of benzene rings is 3. The maximum atomic E-state index is 12.5. The van der Waals surface area contributed by atoms with Crippen molar-refractivity contribution in [3.63, 3.8) is 0 Å². The fraction of sp³-hybridized carbons (Fsp3) is 0.115. The van der Waals surface area contributed by atoms with Crippen molar-refractivity contribution in [2.45, 2.75) is 18.6 Å². The number of carbonyl (C=O) groups excluding carboxylic acids is 1. The summed E-state index contributed by atoms with van der Waals surface area (Å²) in [4.78, 5) is 12.5. The second kappa shape index (κ2) is 9.34. The molecular formula is C26H22N4O2S. The highest BCUT2D eigenvalue weighted by atomic mass is 32.2. The molecule has 5 aromatic rings. The lowest BCUT2D eigenvalue weighted by Crippen LogP contribution is -2.24. The van der Waals surface area contributed by atoms with Crippen LogP contribution in [-0.4, -0.2) is 26.4 Å². The van der Waals surface area contributed by atoms with Crippen LogP contribution in [0.3, 0.4) is 0 Å². The van der Waals surface area contributed by atoms with Crippen LogP contribution in [0.4, 0.5) is 0 Å². The van der Waals surface area contributed by atoms with Gasteiger partial charge in [-0.25, -0.2) is 0 Å². The topological polar surface area (TPSA) is 73.0 Å². The minimum absolute atomic E-state index is 0.0624. The van der Waals surface area contributed by atoms with Gasteiger partial charge in [0.1, 0.15) is 0 Å². The fourth-order valence-electron chi connectivity index (χ4n) is 3.64. The van der Waals surface area contributed by atoms with Crippen LogP contribution >= 0.6 is 11.8 Å². The Morgan fingerprint density at radius 1 is 0.970 bits per heavy atom. The van der Waals surface area contributed by atoms with E-state index in [9.17, 15) is 4.79 Å². The van der Waals surface area contributed by atoms with Gasteiger partial charge in [-0.15, -0.1) is 10.2 Å². The lowest BCUT2D eigenvalue weighted by atomic mass is 10.1. The molecule has 0 aliphatic carbocycles. The molecule has 2 heterocycles. The zero-order valence-corrected chi connectivity index (χ0v) is 18.9. The summed E-state index contributed by atoms with van der Waals surface area (Å²) in [7, 11) is 0. The highest BCUT2D eigenvalue weighted by Gasteiger charge is 2.20. The first kappa shape index (κ1) is 21.0. The molecule has 164 valence electrons. The van der Waals surface area contributed by atoms with Gasteiger partial charge in [0, 0.05) is 11.9 Å². The molecule has 1 amide bonds. The third-order valence-electron chi connectivity index (χ3n) is 5.33. The van der Waals surface area contributed by atoms with Gasteiger partial charge in [-0.1, -0.05) is 78.0 Å². The number of nitrogens with one attached hydrogen (secondary N) is 1. The number of hydrogen-bond donors (Lipinski definition) is 1. The number of rotatable bonds is 7. The molecule has 0 saturated heterocycles. The number of amides is 1. The Balaban J connectivity index is 1.41. The van der Waals surface area contributed by atoms with E-state index >= 15 is 0 Å². The van der Waals surface area contributed by atoms with Gasteiger partial charge in [-0.05, 0) is 36.1 Å². The molecule has 2 aromatic heterocycles. The van der Waals surface area contributed by atoms with Gasteiger partial charge in [-0.3, -0.25) is 9.36 Å². The Hall–Kier alpha value is -3.84. The summed E-state index contributed by atoms with van der Waals surface area (Å²) in [5, 5.41) is 14.6. The second-order valence-electron chi connectivity index (χ2n) is 7.67. The zero-order chi connectivity index (χ0) is 22.6. The standard InChI is InChI=1S/C26H22N4O2S/c1-18-11-13-19(14-12-18)16-27-24(31)17-33-26-29-28-25(23-10-5-15-32-23)30(26)22-9-4-7-20-6-2-3-8-21(20)22/h2-15H,16-17H2,1H3,(H,27,31). The molecular weight excluding hydrogens is 432 g/mol. The van der Waals surface area contributed by atoms with Crippen LogP contribution in [0, 0.1) is 6.92 Å². The van der Waals surface area contributed by atoms with E-state index in [1.165, 1.54) is 17.3 Å². The smallest absolute Gasteiger partial charge is 0.230 e. The number of fused-ring (bicyclic) bond motifs is 1. The summed E-state index contributed by atoms with van der Waals surface area (Å²) in [6, 6.07) is 26.1. The van der Waals surface area contributed by atoms with Crippen molar-refractivity contribution in [2.75, 3.05) is 5.75 Å². The summed E-state index contributed by atoms with van der Waals surface area (Å²) < 4.78 is 7.57. The summed E-state index contributed by atoms with van der Waals surface area (Å²) in [6.07, 6.45) is 1.61. The van der Waals surface area contributed by atoms with Crippen LogP contribution in [0.5, 0.6) is 0 Å². The van der Waals surface area contributed by atoms with Crippen molar-refractivity contribution in [3.8, 4) is 17.3 Å².